The second-order valence-corrected chi connectivity index (χ2v) is 24.3. The Hall–Kier alpha value is 1.72. The van der Waals surface area contributed by atoms with Crippen molar-refractivity contribution in [3.63, 3.8) is 0 Å². The summed E-state index contributed by atoms with van der Waals surface area (Å²) < 4.78 is 0. The zero-order valence-corrected chi connectivity index (χ0v) is 19.4. The van der Waals surface area contributed by atoms with Gasteiger partial charge in [-0.3, -0.25) is 14.6 Å². The van der Waals surface area contributed by atoms with Crippen molar-refractivity contribution < 1.29 is 0 Å². The van der Waals surface area contributed by atoms with Crippen LogP contribution in [0.2, 0.25) is 0 Å². The van der Waals surface area contributed by atoms with Crippen LogP contribution in [-0.2, 0) is 0 Å². The summed E-state index contributed by atoms with van der Waals surface area (Å²) in [6, 6.07) is 0. The van der Waals surface area contributed by atoms with Crippen molar-refractivity contribution in [1.82, 2.24) is 0 Å². The minimum absolute atomic E-state index is 0.0191. The van der Waals surface area contributed by atoms with Crippen LogP contribution in [0.4, 0.5) is 0 Å². The van der Waals surface area contributed by atoms with Crippen molar-refractivity contribution in [1.29, 1.82) is 0 Å². The lowest BCUT2D eigenvalue weighted by atomic mass is 10.3. The quantitative estimate of drug-likeness (QED) is 0.445. The fourth-order valence-corrected chi connectivity index (χ4v) is 27.0. The molecular formula is C16H36P4-2. The molecule has 0 fully saturated rings. The minimum Gasteiger partial charge on any atom is -0.499 e. The molecule has 0 amide bonds. The van der Waals surface area contributed by atoms with E-state index >= 15 is 0 Å². The highest BCUT2D eigenvalue weighted by Crippen LogP contribution is 2.96. The number of rotatable bonds is 3. The van der Waals surface area contributed by atoms with Crippen LogP contribution in [0.25, 0.3) is 0 Å². The Morgan fingerprint density at radius 2 is 0.650 bits per heavy atom. The smallest absolute Gasteiger partial charge is 0.0432 e. The molecule has 0 bridgehead atoms. The summed E-state index contributed by atoms with van der Waals surface area (Å²) in [4.78, 5) is 0. The Kier molecular flexibility index (Phi) is 7.70. The van der Waals surface area contributed by atoms with E-state index in [1.54, 1.807) is 16.5 Å². The fraction of sp³-hybridized carbons (Fsp3) is 1.00. The third kappa shape index (κ3) is 8.99. The van der Waals surface area contributed by atoms with Crippen molar-refractivity contribution in [2.24, 2.45) is 0 Å². The molecule has 2 atom stereocenters. The van der Waals surface area contributed by atoms with Gasteiger partial charge < -0.3 is 16.5 Å². The third-order valence-electron chi connectivity index (χ3n) is 2.17. The van der Waals surface area contributed by atoms with Crippen molar-refractivity contribution in [2.75, 3.05) is 0 Å². The van der Waals surface area contributed by atoms with Gasteiger partial charge in [0.15, 0.2) is 0 Å². The summed E-state index contributed by atoms with van der Waals surface area (Å²) in [7, 11) is 3.42. The highest BCUT2D eigenvalue weighted by molar-refractivity contribution is 8.72. The Morgan fingerprint density at radius 3 is 0.750 bits per heavy atom. The van der Waals surface area contributed by atoms with E-state index in [0.29, 0.717) is 20.6 Å². The predicted octanol–water partition coefficient (Wildman–Crippen LogP) is 8.78. The van der Waals surface area contributed by atoms with Gasteiger partial charge in [0.05, 0.1) is 0 Å². The van der Waals surface area contributed by atoms with Crippen molar-refractivity contribution in [3.8, 4) is 0 Å². The Labute approximate surface area is 135 Å². The molecule has 0 saturated heterocycles. The lowest BCUT2D eigenvalue weighted by molar-refractivity contribution is 0.775. The van der Waals surface area contributed by atoms with Crippen LogP contribution in [0.15, 0.2) is 0 Å². The summed E-state index contributed by atoms with van der Waals surface area (Å²) in [6.45, 7) is 29.2. The van der Waals surface area contributed by atoms with Gasteiger partial charge in [-0.25, -0.2) is 0 Å². The first-order valence-electron chi connectivity index (χ1n) is 7.49. The zero-order chi connectivity index (χ0) is 16.6. The second-order valence-electron chi connectivity index (χ2n) is 9.46. The summed E-state index contributed by atoms with van der Waals surface area (Å²) in [5.74, 6) is 0. The van der Waals surface area contributed by atoms with Crippen LogP contribution in [-0.4, -0.2) is 20.6 Å². The van der Waals surface area contributed by atoms with E-state index < -0.39 is 0 Å². The topological polar surface area (TPSA) is 0 Å². The molecule has 0 aliphatic heterocycles. The molecule has 0 heterocycles. The van der Waals surface area contributed by atoms with Crippen LogP contribution in [0, 0.1) is 0 Å². The van der Waals surface area contributed by atoms with Crippen LogP contribution in [0.5, 0.6) is 0 Å². The van der Waals surface area contributed by atoms with E-state index in [2.05, 4.69) is 83.1 Å². The first-order valence-corrected chi connectivity index (χ1v) is 14.1. The maximum atomic E-state index is 2.47. The monoisotopic (exact) mass is 352 g/mol. The van der Waals surface area contributed by atoms with E-state index in [1.165, 1.54) is 0 Å². The van der Waals surface area contributed by atoms with Crippen molar-refractivity contribution >= 4 is 31.1 Å². The molecule has 4 heteroatoms. The van der Waals surface area contributed by atoms with Gasteiger partial charge in [-0.1, -0.05) is 83.1 Å². The molecule has 0 aromatic rings. The van der Waals surface area contributed by atoms with Gasteiger partial charge in [0.2, 0.25) is 0 Å². The van der Waals surface area contributed by atoms with Gasteiger partial charge in [0.25, 0.3) is 0 Å². The first-order chi connectivity index (χ1) is 8.43. The maximum Gasteiger partial charge on any atom is -0.0432 e. The van der Waals surface area contributed by atoms with Gasteiger partial charge in [-0.15, -0.1) is 0 Å². The van der Waals surface area contributed by atoms with Crippen molar-refractivity contribution in [2.45, 2.75) is 104 Å². The number of hydrogen-bond acceptors (Lipinski definition) is 0. The van der Waals surface area contributed by atoms with Crippen LogP contribution in [0.3, 0.4) is 0 Å². The molecular weight excluding hydrogens is 316 g/mol. The zero-order valence-electron chi connectivity index (χ0n) is 15.8. The molecule has 0 aromatic heterocycles. The molecule has 2 unspecified atom stereocenters. The molecule has 0 N–H and O–H groups in total. The van der Waals surface area contributed by atoms with Gasteiger partial charge in [0.1, 0.15) is 0 Å². The molecule has 0 aliphatic rings. The Bertz CT molecular complexity index is 264. The molecule has 0 spiro atoms. The Morgan fingerprint density at radius 1 is 0.450 bits per heavy atom. The van der Waals surface area contributed by atoms with E-state index in [1.807, 2.05) is 0 Å². The molecule has 0 saturated carbocycles. The molecule has 0 rings (SSSR count). The average molecular weight is 352 g/mol. The van der Waals surface area contributed by atoms with Crippen LogP contribution < -0.4 is 0 Å². The van der Waals surface area contributed by atoms with E-state index in [0.717, 1.165) is 0 Å². The largest absolute Gasteiger partial charge is 0.499 e. The second kappa shape index (κ2) is 7.09. The van der Waals surface area contributed by atoms with E-state index in [4.69, 9.17) is 0 Å². The standard InChI is InChI=1S/C16H36P4/c1-13(2,3)17-19(15(7,8)9)20(16(10,11)12)18-14(4,5)6/h1-12H3/q-2. The van der Waals surface area contributed by atoms with Crippen LogP contribution in [0.1, 0.15) is 83.1 Å². The van der Waals surface area contributed by atoms with E-state index in [9.17, 15) is 0 Å². The molecule has 122 valence electrons. The predicted molar refractivity (Wildman–Crippen MR) is 107 cm³/mol. The van der Waals surface area contributed by atoms with Gasteiger partial charge >= 0.3 is 0 Å². The average Bonchev–Trinajstić information content (AvgIpc) is 2.04. The van der Waals surface area contributed by atoms with Gasteiger partial charge in [-0.05, 0) is 10.3 Å². The molecule has 0 radical (unpaired) electrons. The normalized spacial score (nSPS) is 19.2. The lowest BCUT2D eigenvalue weighted by Gasteiger charge is -2.66. The first kappa shape index (κ1) is 21.7. The van der Waals surface area contributed by atoms with Crippen LogP contribution >= 0.6 is 31.1 Å². The maximum absolute atomic E-state index is 2.47. The number of hydrogen-bond donors (Lipinski definition) is 0. The fourth-order valence-electron chi connectivity index (χ4n) is 1.52. The molecule has 0 nitrogen and oxygen atoms in total. The summed E-state index contributed by atoms with van der Waals surface area (Å²) in [5, 5.41) is 1.72. The third-order valence-corrected chi connectivity index (χ3v) is 25.6. The molecule has 0 aliphatic carbocycles. The van der Waals surface area contributed by atoms with Gasteiger partial charge in [0, 0.05) is 0 Å². The molecule has 0 aromatic carbocycles. The lowest BCUT2D eigenvalue weighted by Crippen LogP contribution is -2.19. The summed E-state index contributed by atoms with van der Waals surface area (Å²) >= 11 is 0. The minimum atomic E-state index is 0.0191. The highest BCUT2D eigenvalue weighted by atomic mass is 32.6. The highest BCUT2D eigenvalue weighted by Gasteiger charge is 2.27. The Balaban J connectivity index is 5.54. The molecule has 20 heavy (non-hydrogen) atoms. The van der Waals surface area contributed by atoms with Gasteiger partial charge in [-0.2, -0.15) is 10.3 Å². The van der Waals surface area contributed by atoms with E-state index in [-0.39, 0.29) is 14.6 Å². The summed E-state index contributed by atoms with van der Waals surface area (Å²) in [5.41, 5.74) is 0. The SMILES string of the molecule is CC(C)(C)[P-]P(P([P-]C(C)(C)C)C(C)(C)C)C(C)(C)C. The van der Waals surface area contributed by atoms with Crippen molar-refractivity contribution in [3.05, 3.63) is 0 Å². The summed E-state index contributed by atoms with van der Waals surface area (Å²) in [6.07, 6.45) is 0.